The van der Waals surface area contributed by atoms with Crippen molar-refractivity contribution in [2.75, 3.05) is 26.2 Å². The van der Waals surface area contributed by atoms with Crippen molar-refractivity contribution in [2.24, 2.45) is 18.4 Å². The quantitative estimate of drug-likeness (QED) is 0.845. The molecule has 1 aromatic rings. The fraction of sp³-hybridized carbons (Fsp3) is 0.765. The molecule has 2 aliphatic heterocycles. The SMILES string of the molecule is Cn1cncc1CN1CC[C@]2(CCC[C@@H]2C(=O)N2CC(F)(F)C2)C1. The highest BCUT2D eigenvalue weighted by molar-refractivity contribution is 5.81. The molecule has 1 aromatic heterocycles. The summed E-state index contributed by atoms with van der Waals surface area (Å²) in [5.74, 6) is -2.80. The predicted molar refractivity (Wildman–Crippen MR) is 84.4 cm³/mol. The number of alkyl halides is 2. The minimum Gasteiger partial charge on any atom is -0.337 e. The van der Waals surface area contributed by atoms with Crippen LogP contribution in [0.1, 0.15) is 31.4 Å². The van der Waals surface area contributed by atoms with Gasteiger partial charge in [-0.3, -0.25) is 9.69 Å². The Morgan fingerprint density at radius 2 is 2.12 bits per heavy atom. The van der Waals surface area contributed by atoms with Crippen LogP contribution in [0.15, 0.2) is 12.5 Å². The van der Waals surface area contributed by atoms with Crippen LogP contribution in [0.3, 0.4) is 0 Å². The standard InChI is InChI=1S/C17H24F2N4O/c1-21-12-20-7-13(21)8-22-6-5-16(9-22)4-2-3-14(16)15(24)23-10-17(18,19)11-23/h7,12,14H,2-6,8-11H2,1H3/t14-,16-/m1/s1. The first kappa shape index (κ1) is 16.0. The lowest BCUT2D eigenvalue weighted by molar-refractivity contribution is -0.172. The van der Waals surface area contributed by atoms with Gasteiger partial charge in [0, 0.05) is 32.3 Å². The first-order valence-electron chi connectivity index (χ1n) is 8.73. The van der Waals surface area contributed by atoms with E-state index in [1.807, 2.05) is 17.8 Å². The topological polar surface area (TPSA) is 41.4 Å². The van der Waals surface area contributed by atoms with Gasteiger partial charge in [-0.15, -0.1) is 0 Å². The first-order valence-corrected chi connectivity index (χ1v) is 8.73. The number of hydrogen-bond acceptors (Lipinski definition) is 3. The molecule has 0 aromatic carbocycles. The fourth-order valence-electron chi connectivity index (χ4n) is 4.79. The van der Waals surface area contributed by atoms with Crippen LogP contribution in [0.5, 0.6) is 0 Å². The average Bonchev–Trinajstić information content (AvgIpc) is 3.20. The molecule has 1 aliphatic carbocycles. The fourth-order valence-corrected chi connectivity index (χ4v) is 4.79. The molecule has 0 bridgehead atoms. The Balaban J connectivity index is 1.43. The van der Waals surface area contributed by atoms with Crippen molar-refractivity contribution in [1.29, 1.82) is 0 Å². The van der Waals surface area contributed by atoms with Gasteiger partial charge in [-0.1, -0.05) is 6.42 Å². The molecule has 0 unspecified atom stereocenters. The predicted octanol–water partition coefficient (Wildman–Crippen LogP) is 1.89. The maximum atomic E-state index is 13.1. The molecule has 1 saturated carbocycles. The van der Waals surface area contributed by atoms with Crippen molar-refractivity contribution in [3.8, 4) is 0 Å². The lowest BCUT2D eigenvalue weighted by atomic mass is 9.76. The molecular formula is C17H24F2N4O. The van der Waals surface area contributed by atoms with Crippen LogP contribution in [0.2, 0.25) is 0 Å². The number of aryl methyl sites for hydroxylation is 1. The van der Waals surface area contributed by atoms with E-state index in [2.05, 4.69) is 9.88 Å². The Labute approximate surface area is 140 Å². The van der Waals surface area contributed by atoms with E-state index >= 15 is 0 Å². The highest BCUT2D eigenvalue weighted by atomic mass is 19.3. The third-order valence-electron chi connectivity index (χ3n) is 6.13. The molecule has 3 heterocycles. The van der Waals surface area contributed by atoms with E-state index in [9.17, 15) is 13.6 Å². The zero-order valence-corrected chi connectivity index (χ0v) is 14.0. The second-order valence-electron chi connectivity index (χ2n) is 7.81. The molecule has 1 spiro atoms. The Morgan fingerprint density at radius 3 is 2.79 bits per heavy atom. The molecule has 4 rings (SSSR count). The second-order valence-corrected chi connectivity index (χ2v) is 7.81. The molecule has 132 valence electrons. The van der Waals surface area contributed by atoms with Crippen LogP contribution >= 0.6 is 0 Å². The van der Waals surface area contributed by atoms with E-state index in [4.69, 9.17) is 0 Å². The number of halogens is 2. The van der Waals surface area contributed by atoms with Gasteiger partial charge in [-0.05, 0) is 31.2 Å². The van der Waals surface area contributed by atoms with E-state index < -0.39 is 19.0 Å². The number of aromatic nitrogens is 2. The summed E-state index contributed by atoms with van der Waals surface area (Å²) in [7, 11) is 1.99. The summed E-state index contributed by atoms with van der Waals surface area (Å²) in [6.45, 7) is 1.90. The van der Waals surface area contributed by atoms with Crippen LogP contribution in [-0.2, 0) is 18.4 Å². The van der Waals surface area contributed by atoms with Crippen LogP contribution in [-0.4, -0.2) is 57.4 Å². The first-order chi connectivity index (χ1) is 11.4. The van der Waals surface area contributed by atoms with E-state index in [1.165, 1.54) is 4.90 Å². The van der Waals surface area contributed by atoms with Crippen LogP contribution < -0.4 is 0 Å². The minimum atomic E-state index is -2.68. The van der Waals surface area contributed by atoms with E-state index in [1.54, 1.807) is 6.33 Å². The Bertz CT molecular complexity index is 638. The van der Waals surface area contributed by atoms with Gasteiger partial charge < -0.3 is 9.47 Å². The zero-order valence-electron chi connectivity index (χ0n) is 14.0. The van der Waals surface area contributed by atoms with Crippen molar-refractivity contribution in [3.63, 3.8) is 0 Å². The molecule has 2 atom stereocenters. The molecule has 5 nitrogen and oxygen atoms in total. The number of likely N-dealkylation sites (tertiary alicyclic amines) is 2. The van der Waals surface area contributed by atoms with Gasteiger partial charge >= 0.3 is 0 Å². The van der Waals surface area contributed by atoms with Crippen molar-refractivity contribution in [2.45, 2.75) is 38.2 Å². The van der Waals surface area contributed by atoms with Crippen LogP contribution in [0.25, 0.3) is 0 Å². The number of rotatable bonds is 3. The molecule has 3 fully saturated rings. The third-order valence-corrected chi connectivity index (χ3v) is 6.13. The highest BCUT2D eigenvalue weighted by Crippen LogP contribution is 2.51. The van der Waals surface area contributed by atoms with Gasteiger partial charge in [-0.2, -0.15) is 0 Å². The normalized spacial score (nSPS) is 32.5. The summed E-state index contributed by atoms with van der Waals surface area (Å²) in [6.07, 6.45) is 7.58. The number of amides is 1. The zero-order chi connectivity index (χ0) is 16.9. The van der Waals surface area contributed by atoms with Crippen molar-refractivity contribution in [3.05, 3.63) is 18.2 Å². The average molecular weight is 338 g/mol. The summed E-state index contributed by atoms with van der Waals surface area (Å²) >= 11 is 0. The largest absolute Gasteiger partial charge is 0.337 e. The summed E-state index contributed by atoms with van der Waals surface area (Å²) in [4.78, 5) is 20.6. The van der Waals surface area contributed by atoms with Gasteiger partial charge in [0.15, 0.2) is 0 Å². The van der Waals surface area contributed by atoms with E-state index in [0.717, 1.165) is 51.0 Å². The third kappa shape index (κ3) is 2.62. The molecule has 2 saturated heterocycles. The van der Waals surface area contributed by atoms with Gasteiger partial charge in [0.25, 0.3) is 5.92 Å². The Kier molecular flexibility index (Phi) is 3.67. The van der Waals surface area contributed by atoms with Crippen LogP contribution in [0, 0.1) is 11.3 Å². The van der Waals surface area contributed by atoms with E-state index in [0.29, 0.717) is 0 Å². The molecule has 24 heavy (non-hydrogen) atoms. The lowest BCUT2D eigenvalue weighted by Gasteiger charge is -2.42. The van der Waals surface area contributed by atoms with Crippen molar-refractivity contribution < 1.29 is 13.6 Å². The Morgan fingerprint density at radius 1 is 1.33 bits per heavy atom. The molecule has 0 radical (unpaired) electrons. The second kappa shape index (κ2) is 5.51. The Hall–Kier alpha value is -1.50. The van der Waals surface area contributed by atoms with Gasteiger partial charge in [0.1, 0.15) is 0 Å². The van der Waals surface area contributed by atoms with E-state index in [-0.39, 0.29) is 17.2 Å². The number of hydrogen-bond donors (Lipinski definition) is 0. The van der Waals surface area contributed by atoms with Gasteiger partial charge in [0.05, 0.1) is 25.1 Å². The summed E-state index contributed by atoms with van der Waals surface area (Å²) in [5, 5.41) is 0. The number of carbonyl (C=O) groups is 1. The maximum Gasteiger partial charge on any atom is 0.282 e. The molecule has 3 aliphatic rings. The van der Waals surface area contributed by atoms with Crippen LogP contribution in [0.4, 0.5) is 8.78 Å². The molecular weight excluding hydrogens is 314 g/mol. The summed E-state index contributed by atoms with van der Waals surface area (Å²) in [6, 6.07) is 0. The minimum absolute atomic E-state index is 0.0133. The van der Waals surface area contributed by atoms with Crippen molar-refractivity contribution >= 4 is 5.91 Å². The molecule has 1 amide bonds. The molecule has 7 heteroatoms. The maximum absolute atomic E-state index is 13.1. The summed E-state index contributed by atoms with van der Waals surface area (Å²) in [5.41, 5.74) is 1.15. The number of imidazole rings is 1. The number of nitrogens with zero attached hydrogens (tertiary/aromatic N) is 4. The van der Waals surface area contributed by atoms with Crippen molar-refractivity contribution in [1.82, 2.24) is 19.4 Å². The smallest absolute Gasteiger partial charge is 0.282 e. The summed E-state index contributed by atoms with van der Waals surface area (Å²) < 4.78 is 28.2. The van der Waals surface area contributed by atoms with Gasteiger partial charge in [-0.25, -0.2) is 13.8 Å². The lowest BCUT2D eigenvalue weighted by Crippen LogP contribution is -2.60. The highest BCUT2D eigenvalue weighted by Gasteiger charge is 2.55. The monoisotopic (exact) mass is 338 g/mol. The van der Waals surface area contributed by atoms with Gasteiger partial charge in [0.2, 0.25) is 5.91 Å². The number of carbonyl (C=O) groups excluding carboxylic acids is 1. The molecule has 0 N–H and O–H groups in total.